The lowest BCUT2D eigenvalue weighted by atomic mass is 9.84. The molecule has 0 bridgehead atoms. The number of hydrogen-bond acceptors (Lipinski definition) is 3. The number of rotatable bonds is 6. The molecule has 0 aliphatic heterocycles. The van der Waals surface area contributed by atoms with Crippen molar-refractivity contribution >= 4 is 5.78 Å². The molecule has 1 aliphatic carbocycles. The Bertz CT molecular complexity index is 185. The van der Waals surface area contributed by atoms with E-state index in [1.165, 1.54) is 19.3 Å². The Balaban J connectivity index is 2.50. The normalized spacial score (nSPS) is 20.1. The van der Waals surface area contributed by atoms with Crippen molar-refractivity contribution in [1.29, 1.82) is 0 Å². The van der Waals surface area contributed by atoms with E-state index >= 15 is 0 Å². The summed E-state index contributed by atoms with van der Waals surface area (Å²) in [6.07, 6.45) is 5.78. The van der Waals surface area contributed by atoms with Gasteiger partial charge in [-0.25, -0.2) is 0 Å². The van der Waals surface area contributed by atoms with Gasteiger partial charge in [-0.15, -0.1) is 0 Å². The first-order valence-corrected chi connectivity index (χ1v) is 5.92. The monoisotopic (exact) mass is 214 g/mol. The number of Topliss-reactive ketones (excluding diaryl/α,β-unsaturated/α-hetero) is 1. The smallest absolute Gasteiger partial charge is 0.187 e. The van der Waals surface area contributed by atoms with Gasteiger partial charge in [-0.1, -0.05) is 19.3 Å². The molecule has 1 rings (SSSR count). The molecule has 1 unspecified atom stereocenters. The van der Waals surface area contributed by atoms with E-state index in [9.17, 15) is 4.79 Å². The Labute approximate surface area is 92.1 Å². The van der Waals surface area contributed by atoms with Crippen molar-refractivity contribution in [3.63, 3.8) is 0 Å². The van der Waals surface area contributed by atoms with Gasteiger partial charge < -0.3 is 9.47 Å². The third-order valence-electron chi connectivity index (χ3n) is 3.03. The number of ketones is 1. The number of methoxy groups -OCH3 is 1. The van der Waals surface area contributed by atoms with Gasteiger partial charge >= 0.3 is 0 Å². The number of ether oxygens (including phenoxy) is 2. The van der Waals surface area contributed by atoms with E-state index < -0.39 is 0 Å². The van der Waals surface area contributed by atoms with E-state index in [0.717, 1.165) is 12.8 Å². The molecule has 1 aliphatic rings. The lowest BCUT2D eigenvalue weighted by Gasteiger charge is -2.28. The topological polar surface area (TPSA) is 35.5 Å². The second-order valence-corrected chi connectivity index (χ2v) is 4.17. The Morgan fingerprint density at radius 2 is 2.00 bits per heavy atom. The van der Waals surface area contributed by atoms with Crippen LogP contribution >= 0.6 is 0 Å². The van der Waals surface area contributed by atoms with Crippen molar-refractivity contribution in [2.45, 2.75) is 45.1 Å². The van der Waals surface area contributed by atoms with Gasteiger partial charge in [-0.3, -0.25) is 4.79 Å². The molecule has 0 amide bonds. The fraction of sp³-hybridized carbons (Fsp3) is 0.917. The van der Waals surface area contributed by atoms with Crippen LogP contribution in [0.3, 0.4) is 0 Å². The largest absolute Gasteiger partial charge is 0.377 e. The average molecular weight is 214 g/mol. The summed E-state index contributed by atoms with van der Waals surface area (Å²) in [6.45, 7) is 2.73. The summed E-state index contributed by atoms with van der Waals surface area (Å²) < 4.78 is 10.5. The van der Waals surface area contributed by atoms with Crippen LogP contribution < -0.4 is 0 Å². The molecule has 0 heterocycles. The van der Waals surface area contributed by atoms with E-state index in [1.807, 2.05) is 6.92 Å². The predicted octanol–water partition coefficient (Wildman–Crippen LogP) is 2.19. The zero-order valence-electron chi connectivity index (χ0n) is 9.83. The van der Waals surface area contributed by atoms with Crippen LogP contribution in [0.1, 0.15) is 39.0 Å². The second-order valence-electron chi connectivity index (χ2n) is 4.17. The molecular weight excluding hydrogens is 192 g/mol. The minimum atomic E-state index is -0.227. The average Bonchev–Trinajstić information content (AvgIpc) is 2.27. The van der Waals surface area contributed by atoms with Crippen LogP contribution in [0.15, 0.2) is 0 Å². The molecule has 1 fully saturated rings. The first kappa shape index (κ1) is 12.7. The van der Waals surface area contributed by atoms with Gasteiger partial charge in [-0.2, -0.15) is 0 Å². The van der Waals surface area contributed by atoms with Gasteiger partial charge in [0.25, 0.3) is 0 Å². The van der Waals surface area contributed by atoms with Crippen molar-refractivity contribution < 1.29 is 14.3 Å². The summed E-state index contributed by atoms with van der Waals surface area (Å²) in [4.78, 5) is 11.8. The molecule has 0 aromatic carbocycles. The van der Waals surface area contributed by atoms with Crippen molar-refractivity contribution in [2.75, 3.05) is 20.3 Å². The van der Waals surface area contributed by atoms with Crippen LogP contribution in [0, 0.1) is 5.92 Å². The van der Waals surface area contributed by atoms with Gasteiger partial charge in [0, 0.05) is 13.7 Å². The molecule has 3 heteroatoms. The molecule has 3 nitrogen and oxygen atoms in total. The van der Waals surface area contributed by atoms with Crippen LogP contribution in [0.2, 0.25) is 0 Å². The molecule has 15 heavy (non-hydrogen) atoms. The van der Waals surface area contributed by atoms with Crippen molar-refractivity contribution in [1.82, 2.24) is 0 Å². The van der Waals surface area contributed by atoms with Gasteiger partial charge in [0.2, 0.25) is 0 Å². The maximum absolute atomic E-state index is 11.8. The maximum Gasteiger partial charge on any atom is 0.187 e. The SMILES string of the molecule is CCOC(C(=O)COC)C1CCCCC1. The molecule has 0 radical (unpaired) electrons. The highest BCUT2D eigenvalue weighted by atomic mass is 16.5. The lowest BCUT2D eigenvalue weighted by molar-refractivity contribution is -0.138. The van der Waals surface area contributed by atoms with Crippen molar-refractivity contribution in [3.05, 3.63) is 0 Å². The minimum absolute atomic E-state index is 0.103. The van der Waals surface area contributed by atoms with E-state index in [2.05, 4.69) is 0 Å². The third-order valence-corrected chi connectivity index (χ3v) is 3.03. The number of carbonyl (C=O) groups excluding carboxylic acids is 1. The highest BCUT2D eigenvalue weighted by Crippen LogP contribution is 2.28. The van der Waals surface area contributed by atoms with Crippen molar-refractivity contribution in [3.8, 4) is 0 Å². The van der Waals surface area contributed by atoms with Crippen LogP contribution in [0.25, 0.3) is 0 Å². The first-order valence-electron chi connectivity index (χ1n) is 5.92. The summed E-state index contributed by atoms with van der Waals surface area (Å²) in [6, 6.07) is 0. The van der Waals surface area contributed by atoms with E-state index in [4.69, 9.17) is 9.47 Å². The zero-order chi connectivity index (χ0) is 11.1. The molecule has 0 aromatic heterocycles. The Hall–Kier alpha value is -0.410. The molecule has 88 valence electrons. The summed E-state index contributed by atoms with van der Waals surface area (Å²) in [5, 5.41) is 0. The fourth-order valence-electron chi connectivity index (χ4n) is 2.33. The van der Waals surface area contributed by atoms with Crippen LogP contribution in [-0.2, 0) is 14.3 Å². The van der Waals surface area contributed by atoms with Gasteiger partial charge in [0.15, 0.2) is 5.78 Å². The van der Waals surface area contributed by atoms with E-state index in [-0.39, 0.29) is 18.5 Å². The fourth-order valence-corrected chi connectivity index (χ4v) is 2.33. The van der Waals surface area contributed by atoms with Crippen LogP contribution in [-0.4, -0.2) is 32.2 Å². The Kier molecular flexibility index (Phi) is 5.88. The number of carbonyl (C=O) groups is 1. The number of hydrogen-bond donors (Lipinski definition) is 0. The summed E-state index contributed by atoms with van der Waals surface area (Å²) in [5.41, 5.74) is 0. The summed E-state index contributed by atoms with van der Waals surface area (Å²) >= 11 is 0. The van der Waals surface area contributed by atoms with Crippen LogP contribution in [0.5, 0.6) is 0 Å². The summed E-state index contributed by atoms with van der Waals surface area (Å²) in [5.74, 6) is 0.521. The van der Waals surface area contributed by atoms with E-state index in [1.54, 1.807) is 7.11 Å². The van der Waals surface area contributed by atoms with Crippen LogP contribution in [0.4, 0.5) is 0 Å². The highest BCUT2D eigenvalue weighted by molar-refractivity contribution is 5.84. The molecule has 0 spiro atoms. The molecule has 0 N–H and O–H groups in total. The standard InChI is InChI=1S/C12H22O3/c1-3-15-12(11(13)9-14-2)10-7-5-4-6-8-10/h10,12H,3-9H2,1-2H3. The Morgan fingerprint density at radius 3 is 2.53 bits per heavy atom. The van der Waals surface area contributed by atoms with E-state index in [0.29, 0.717) is 12.5 Å². The third kappa shape index (κ3) is 3.92. The molecule has 1 saturated carbocycles. The molecule has 0 saturated heterocycles. The summed E-state index contributed by atoms with van der Waals surface area (Å²) in [7, 11) is 1.56. The molecule has 0 aromatic rings. The predicted molar refractivity (Wildman–Crippen MR) is 58.9 cm³/mol. The van der Waals surface area contributed by atoms with Gasteiger partial charge in [0.05, 0.1) is 0 Å². The lowest BCUT2D eigenvalue weighted by Crippen LogP contribution is -2.36. The highest BCUT2D eigenvalue weighted by Gasteiger charge is 2.29. The zero-order valence-corrected chi connectivity index (χ0v) is 9.83. The Morgan fingerprint density at radius 1 is 1.33 bits per heavy atom. The van der Waals surface area contributed by atoms with Gasteiger partial charge in [-0.05, 0) is 25.7 Å². The first-order chi connectivity index (χ1) is 7.29. The van der Waals surface area contributed by atoms with Gasteiger partial charge in [0.1, 0.15) is 12.7 Å². The second kappa shape index (κ2) is 6.96. The minimum Gasteiger partial charge on any atom is -0.377 e. The quantitative estimate of drug-likeness (QED) is 0.680. The molecule has 1 atom stereocenters. The van der Waals surface area contributed by atoms with Crippen molar-refractivity contribution in [2.24, 2.45) is 5.92 Å². The molecular formula is C12H22O3. The maximum atomic E-state index is 11.8.